The Morgan fingerprint density at radius 1 is 1.04 bits per heavy atom. The zero-order valence-corrected chi connectivity index (χ0v) is 13.3. The van der Waals surface area contributed by atoms with Crippen molar-refractivity contribution in [2.45, 2.75) is 25.7 Å². The summed E-state index contributed by atoms with van der Waals surface area (Å²) in [6, 6.07) is 7.16. The van der Waals surface area contributed by atoms with E-state index in [1.54, 1.807) is 19.2 Å². The molecule has 1 spiro atoms. The number of hydrogen-bond donors (Lipinski definition) is 2. The number of amides is 2. The van der Waals surface area contributed by atoms with Gasteiger partial charge in [-0.1, -0.05) is 17.6 Å². The molecule has 4 atom stereocenters. The lowest BCUT2D eigenvalue weighted by Gasteiger charge is -2.28. The predicted octanol–water partition coefficient (Wildman–Crippen LogP) is 1.22. The monoisotopic (exact) mass is 308 g/mol. The lowest BCUT2D eigenvalue weighted by Crippen LogP contribution is -2.42. The van der Waals surface area contributed by atoms with Crippen molar-refractivity contribution >= 4 is 30.8 Å². The first kappa shape index (κ1) is 14.8. The van der Waals surface area contributed by atoms with E-state index in [2.05, 4.69) is 10.6 Å². The van der Waals surface area contributed by atoms with E-state index in [4.69, 9.17) is 7.85 Å². The van der Waals surface area contributed by atoms with E-state index in [0.29, 0.717) is 17.3 Å². The van der Waals surface area contributed by atoms with Crippen LogP contribution in [0.1, 0.15) is 25.7 Å². The van der Waals surface area contributed by atoms with Gasteiger partial charge in [-0.05, 0) is 55.1 Å². The normalized spacial score (nSPS) is 32.7. The van der Waals surface area contributed by atoms with Crippen molar-refractivity contribution in [2.24, 2.45) is 29.1 Å². The first-order chi connectivity index (χ1) is 11.1. The third-order valence-electron chi connectivity index (χ3n) is 6.38. The van der Waals surface area contributed by atoms with Crippen LogP contribution in [-0.2, 0) is 9.59 Å². The highest BCUT2D eigenvalue weighted by Crippen LogP contribution is 2.74. The van der Waals surface area contributed by atoms with E-state index in [1.807, 2.05) is 12.1 Å². The Labute approximate surface area is 137 Å². The number of nitrogens with one attached hydrogen (secondary N) is 2. The molecule has 1 aromatic rings. The maximum Gasteiger partial charge on any atom is 0.228 e. The summed E-state index contributed by atoms with van der Waals surface area (Å²) < 4.78 is 0. The van der Waals surface area contributed by atoms with Gasteiger partial charge in [-0.2, -0.15) is 0 Å². The highest BCUT2D eigenvalue weighted by molar-refractivity contribution is 6.32. The number of hydrogen-bond acceptors (Lipinski definition) is 2. The van der Waals surface area contributed by atoms with E-state index in [-0.39, 0.29) is 29.1 Å². The first-order valence-electron chi connectivity index (χ1n) is 8.45. The molecule has 2 bridgehead atoms. The van der Waals surface area contributed by atoms with Crippen molar-refractivity contribution in [3.63, 3.8) is 0 Å². The van der Waals surface area contributed by atoms with Crippen LogP contribution in [-0.4, -0.2) is 26.7 Å². The van der Waals surface area contributed by atoms with E-state index >= 15 is 0 Å². The standard InChI is InChI=1S/C18H21BN2O2/c1-20-16(22)14-12-6-7-13(18(12)8-9-18)15(14)17(23)21-11-4-2-10(19)3-5-11/h2-5,12-15H,6-9H2,1H3,(H,20,22)(H,21,23). The van der Waals surface area contributed by atoms with Crippen LogP contribution in [0, 0.1) is 29.1 Å². The molecule has 2 N–H and O–H groups in total. The van der Waals surface area contributed by atoms with Gasteiger partial charge in [0.2, 0.25) is 11.8 Å². The summed E-state index contributed by atoms with van der Waals surface area (Å²) in [6.45, 7) is 0. The van der Waals surface area contributed by atoms with Crippen molar-refractivity contribution in [1.29, 1.82) is 0 Å². The topological polar surface area (TPSA) is 58.2 Å². The smallest absolute Gasteiger partial charge is 0.228 e. The number of rotatable bonds is 3. The maximum absolute atomic E-state index is 12.9. The van der Waals surface area contributed by atoms with E-state index in [0.717, 1.165) is 18.5 Å². The lowest BCUT2D eigenvalue weighted by atomic mass is 9.78. The zero-order valence-electron chi connectivity index (χ0n) is 13.3. The molecule has 3 aliphatic carbocycles. The second kappa shape index (κ2) is 5.12. The summed E-state index contributed by atoms with van der Waals surface area (Å²) in [5, 5.41) is 5.77. The molecule has 2 amide bonds. The molecule has 118 valence electrons. The maximum atomic E-state index is 12.9. The van der Waals surface area contributed by atoms with Crippen LogP contribution >= 0.6 is 0 Å². The lowest BCUT2D eigenvalue weighted by molar-refractivity contribution is -0.134. The first-order valence-corrected chi connectivity index (χ1v) is 8.45. The van der Waals surface area contributed by atoms with Gasteiger partial charge < -0.3 is 10.6 Å². The molecule has 5 heteroatoms. The van der Waals surface area contributed by atoms with Crippen LogP contribution in [0.2, 0.25) is 0 Å². The van der Waals surface area contributed by atoms with Crippen molar-refractivity contribution in [3.05, 3.63) is 24.3 Å². The number of anilines is 1. The third kappa shape index (κ3) is 2.13. The SMILES string of the molecule is [B]c1ccc(NC(=O)C2C(C(=O)NC)C3CCC2C32CC2)cc1. The summed E-state index contributed by atoms with van der Waals surface area (Å²) in [5.41, 5.74) is 1.69. The van der Waals surface area contributed by atoms with Gasteiger partial charge >= 0.3 is 0 Å². The Morgan fingerprint density at radius 2 is 1.61 bits per heavy atom. The molecular weight excluding hydrogens is 287 g/mol. The Hall–Kier alpha value is -1.78. The van der Waals surface area contributed by atoms with Crippen LogP contribution in [0.25, 0.3) is 0 Å². The van der Waals surface area contributed by atoms with Gasteiger partial charge in [-0.3, -0.25) is 9.59 Å². The minimum absolute atomic E-state index is 0.0122. The third-order valence-corrected chi connectivity index (χ3v) is 6.38. The quantitative estimate of drug-likeness (QED) is 0.825. The highest BCUT2D eigenvalue weighted by Gasteiger charge is 2.71. The van der Waals surface area contributed by atoms with Gasteiger partial charge in [0.25, 0.3) is 0 Å². The Balaban J connectivity index is 1.59. The Kier molecular flexibility index (Phi) is 3.29. The van der Waals surface area contributed by atoms with Crippen LogP contribution < -0.4 is 16.1 Å². The van der Waals surface area contributed by atoms with Gasteiger partial charge in [0.05, 0.1) is 11.8 Å². The summed E-state index contributed by atoms with van der Waals surface area (Å²) in [4.78, 5) is 25.3. The predicted molar refractivity (Wildman–Crippen MR) is 89.4 cm³/mol. The van der Waals surface area contributed by atoms with E-state index in [1.165, 1.54) is 12.8 Å². The van der Waals surface area contributed by atoms with Crippen LogP contribution in [0.5, 0.6) is 0 Å². The fraction of sp³-hybridized carbons (Fsp3) is 0.556. The molecule has 4 nitrogen and oxygen atoms in total. The van der Waals surface area contributed by atoms with Crippen LogP contribution in [0.4, 0.5) is 5.69 Å². The van der Waals surface area contributed by atoms with Gasteiger partial charge in [-0.15, -0.1) is 0 Å². The Morgan fingerprint density at radius 3 is 2.13 bits per heavy atom. The molecule has 0 aromatic heterocycles. The second-order valence-electron chi connectivity index (χ2n) is 7.30. The zero-order chi connectivity index (χ0) is 16.2. The summed E-state index contributed by atoms with van der Waals surface area (Å²) >= 11 is 0. The molecule has 3 saturated carbocycles. The fourth-order valence-electron chi connectivity index (χ4n) is 5.32. The van der Waals surface area contributed by atoms with Gasteiger partial charge in [0.15, 0.2) is 0 Å². The molecule has 3 fully saturated rings. The molecular formula is C18H21BN2O2. The van der Waals surface area contributed by atoms with Crippen LogP contribution in [0.15, 0.2) is 24.3 Å². The summed E-state index contributed by atoms with van der Waals surface area (Å²) in [7, 11) is 7.36. The molecule has 2 radical (unpaired) electrons. The van der Waals surface area contributed by atoms with Crippen molar-refractivity contribution < 1.29 is 9.59 Å². The van der Waals surface area contributed by atoms with Gasteiger partial charge in [-0.25, -0.2) is 0 Å². The van der Waals surface area contributed by atoms with E-state index in [9.17, 15) is 9.59 Å². The molecule has 0 heterocycles. The largest absolute Gasteiger partial charge is 0.359 e. The minimum atomic E-state index is -0.200. The van der Waals surface area contributed by atoms with E-state index < -0.39 is 0 Å². The summed E-state index contributed by atoms with van der Waals surface area (Å²) in [5.74, 6) is 0.393. The minimum Gasteiger partial charge on any atom is -0.359 e. The molecule has 3 aliphatic rings. The average molecular weight is 308 g/mol. The molecule has 0 saturated heterocycles. The molecule has 4 unspecified atom stereocenters. The van der Waals surface area contributed by atoms with Crippen molar-refractivity contribution in [3.8, 4) is 0 Å². The molecule has 0 aliphatic heterocycles. The summed E-state index contributed by atoms with van der Waals surface area (Å²) in [6.07, 6.45) is 4.54. The molecule has 23 heavy (non-hydrogen) atoms. The van der Waals surface area contributed by atoms with Crippen LogP contribution in [0.3, 0.4) is 0 Å². The number of benzene rings is 1. The Bertz CT molecular complexity index is 653. The number of carbonyl (C=O) groups excluding carboxylic acids is 2. The van der Waals surface area contributed by atoms with Gasteiger partial charge in [0, 0.05) is 12.7 Å². The van der Waals surface area contributed by atoms with Gasteiger partial charge in [0.1, 0.15) is 7.85 Å². The fourth-order valence-corrected chi connectivity index (χ4v) is 5.32. The molecule has 4 rings (SSSR count). The van der Waals surface area contributed by atoms with Crippen molar-refractivity contribution in [2.75, 3.05) is 12.4 Å². The number of carbonyl (C=O) groups is 2. The average Bonchev–Trinajstić information content (AvgIpc) is 3.22. The highest BCUT2D eigenvalue weighted by atomic mass is 16.2. The second-order valence-corrected chi connectivity index (χ2v) is 7.30. The van der Waals surface area contributed by atoms with Crippen molar-refractivity contribution in [1.82, 2.24) is 5.32 Å². The molecule has 1 aromatic carbocycles.